The molecule has 13 heavy (non-hydrogen) atoms. The van der Waals surface area contributed by atoms with E-state index in [-0.39, 0.29) is 12.5 Å². The van der Waals surface area contributed by atoms with Crippen LogP contribution in [0.2, 0.25) is 0 Å². The number of halogens is 1. The number of aliphatic carboxylic acids is 1. The molecule has 1 aliphatic rings. The van der Waals surface area contributed by atoms with Crippen molar-refractivity contribution in [3.05, 3.63) is 11.6 Å². The van der Waals surface area contributed by atoms with Gasteiger partial charge in [-0.3, -0.25) is 9.69 Å². The van der Waals surface area contributed by atoms with Gasteiger partial charge in [0.05, 0.1) is 6.42 Å². The summed E-state index contributed by atoms with van der Waals surface area (Å²) >= 11 is 5.41. The van der Waals surface area contributed by atoms with Gasteiger partial charge < -0.3 is 5.11 Å². The molecule has 1 aliphatic heterocycles. The van der Waals surface area contributed by atoms with Gasteiger partial charge in [-0.15, -0.1) is 0 Å². The van der Waals surface area contributed by atoms with Crippen molar-refractivity contribution < 1.29 is 9.90 Å². The van der Waals surface area contributed by atoms with Gasteiger partial charge in [0.1, 0.15) is 0 Å². The first-order valence-electron chi connectivity index (χ1n) is 4.45. The number of nitrogens with zero attached hydrogens (tertiary/aromatic N) is 1. The Morgan fingerprint density at radius 3 is 3.08 bits per heavy atom. The highest BCUT2D eigenvalue weighted by Gasteiger charge is 2.25. The van der Waals surface area contributed by atoms with Crippen LogP contribution in [0.3, 0.4) is 0 Å². The third-order valence-corrected chi connectivity index (χ3v) is 2.52. The molecule has 0 amide bonds. The standard InChI is InChI=1S/C9H14ClNO2/c10-4-2-6-11-5-1-3-8(11)7-9(12)13/h2,4,8H,1,3,5-7H2,(H,12,13). The molecule has 0 spiro atoms. The Kier molecular flexibility index (Phi) is 4.25. The minimum absolute atomic E-state index is 0.199. The molecule has 0 radical (unpaired) electrons. The summed E-state index contributed by atoms with van der Waals surface area (Å²) in [5.74, 6) is -0.716. The molecule has 4 heteroatoms. The SMILES string of the molecule is O=C(O)CC1CCCN1CC=CCl. The lowest BCUT2D eigenvalue weighted by atomic mass is 10.1. The minimum Gasteiger partial charge on any atom is -0.481 e. The van der Waals surface area contributed by atoms with E-state index in [1.54, 1.807) is 0 Å². The predicted molar refractivity (Wildman–Crippen MR) is 51.8 cm³/mol. The molecule has 1 unspecified atom stereocenters. The molecule has 0 saturated carbocycles. The van der Waals surface area contributed by atoms with Crippen LogP contribution in [0, 0.1) is 0 Å². The molecular weight excluding hydrogens is 190 g/mol. The van der Waals surface area contributed by atoms with Crippen LogP contribution < -0.4 is 0 Å². The second-order valence-electron chi connectivity index (χ2n) is 3.25. The van der Waals surface area contributed by atoms with Gasteiger partial charge in [0, 0.05) is 18.1 Å². The van der Waals surface area contributed by atoms with Crippen molar-refractivity contribution in [2.75, 3.05) is 13.1 Å². The van der Waals surface area contributed by atoms with Gasteiger partial charge in [-0.2, -0.15) is 0 Å². The van der Waals surface area contributed by atoms with Crippen LogP contribution in [-0.2, 0) is 4.79 Å². The van der Waals surface area contributed by atoms with E-state index in [0.29, 0.717) is 0 Å². The second-order valence-corrected chi connectivity index (χ2v) is 3.50. The van der Waals surface area contributed by atoms with Crippen molar-refractivity contribution in [3.8, 4) is 0 Å². The first-order chi connectivity index (χ1) is 6.24. The third-order valence-electron chi connectivity index (χ3n) is 2.34. The molecule has 1 saturated heterocycles. The van der Waals surface area contributed by atoms with E-state index < -0.39 is 5.97 Å². The Labute approximate surface area is 83.0 Å². The molecule has 1 fully saturated rings. The monoisotopic (exact) mass is 203 g/mol. The third kappa shape index (κ3) is 3.36. The first-order valence-corrected chi connectivity index (χ1v) is 4.88. The predicted octanol–water partition coefficient (Wildman–Crippen LogP) is 1.68. The highest BCUT2D eigenvalue weighted by Crippen LogP contribution is 2.19. The number of likely N-dealkylation sites (tertiary alicyclic amines) is 1. The number of carboxylic acid groups (broad SMARTS) is 1. The van der Waals surface area contributed by atoms with Crippen LogP contribution in [0.25, 0.3) is 0 Å². The van der Waals surface area contributed by atoms with E-state index in [0.717, 1.165) is 25.9 Å². The maximum Gasteiger partial charge on any atom is 0.304 e. The molecule has 74 valence electrons. The summed E-state index contributed by atoms with van der Waals surface area (Å²) in [6, 6.07) is 0.199. The molecule has 1 heterocycles. The van der Waals surface area contributed by atoms with Gasteiger partial charge in [-0.05, 0) is 19.4 Å². The zero-order chi connectivity index (χ0) is 9.68. The minimum atomic E-state index is -0.716. The first kappa shape index (κ1) is 10.5. The Morgan fingerprint density at radius 1 is 1.69 bits per heavy atom. The van der Waals surface area contributed by atoms with Crippen LogP contribution in [0.15, 0.2) is 11.6 Å². The molecule has 0 aromatic rings. The average Bonchev–Trinajstić information content (AvgIpc) is 2.48. The summed E-state index contributed by atoms with van der Waals surface area (Å²) in [5, 5.41) is 8.65. The van der Waals surface area contributed by atoms with Crippen molar-refractivity contribution in [2.45, 2.75) is 25.3 Å². The molecule has 0 aliphatic carbocycles. The molecule has 0 aromatic carbocycles. The summed E-state index contributed by atoms with van der Waals surface area (Å²) in [4.78, 5) is 12.7. The van der Waals surface area contributed by atoms with E-state index in [9.17, 15) is 4.79 Å². The fraction of sp³-hybridized carbons (Fsp3) is 0.667. The number of hydrogen-bond donors (Lipinski definition) is 1. The number of hydrogen-bond acceptors (Lipinski definition) is 2. The second kappa shape index (κ2) is 5.25. The largest absolute Gasteiger partial charge is 0.481 e. The Balaban J connectivity index is 2.39. The summed E-state index contributed by atoms with van der Waals surface area (Å²) in [5.41, 5.74) is 1.48. The lowest BCUT2D eigenvalue weighted by Gasteiger charge is -2.20. The average molecular weight is 204 g/mol. The van der Waals surface area contributed by atoms with Gasteiger partial charge in [-0.1, -0.05) is 17.7 Å². The van der Waals surface area contributed by atoms with Crippen LogP contribution >= 0.6 is 11.6 Å². The van der Waals surface area contributed by atoms with E-state index >= 15 is 0 Å². The van der Waals surface area contributed by atoms with Crippen molar-refractivity contribution in [2.24, 2.45) is 0 Å². The molecule has 1 rings (SSSR count). The van der Waals surface area contributed by atoms with E-state index in [2.05, 4.69) is 4.90 Å². The van der Waals surface area contributed by atoms with Gasteiger partial charge in [0.25, 0.3) is 0 Å². The highest BCUT2D eigenvalue weighted by atomic mass is 35.5. The van der Waals surface area contributed by atoms with Gasteiger partial charge in [0.2, 0.25) is 0 Å². The van der Waals surface area contributed by atoms with Crippen molar-refractivity contribution in [1.82, 2.24) is 4.90 Å². The fourth-order valence-corrected chi connectivity index (χ4v) is 1.82. The fourth-order valence-electron chi connectivity index (χ4n) is 1.74. The summed E-state index contributed by atoms with van der Waals surface area (Å²) in [7, 11) is 0. The number of carbonyl (C=O) groups is 1. The molecule has 0 aromatic heterocycles. The zero-order valence-corrected chi connectivity index (χ0v) is 8.20. The van der Waals surface area contributed by atoms with Crippen LogP contribution in [0.5, 0.6) is 0 Å². The smallest absolute Gasteiger partial charge is 0.304 e. The van der Waals surface area contributed by atoms with Crippen LogP contribution in [0.4, 0.5) is 0 Å². The van der Waals surface area contributed by atoms with Crippen LogP contribution in [-0.4, -0.2) is 35.1 Å². The van der Waals surface area contributed by atoms with Gasteiger partial charge in [0.15, 0.2) is 0 Å². The summed E-state index contributed by atoms with van der Waals surface area (Å²) < 4.78 is 0. The quantitative estimate of drug-likeness (QED) is 0.756. The van der Waals surface area contributed by atoms with Crippen molar-refractivity contribution >= 4 is 17.6 Å². The van der Waals surface area contributed by atoms with Crippen molar-refractivity contribution in [3.63, 3.8) is 0 Å². The molecular formula is C9H14ClNO2. The highest BCUT2D eigenvalue weighted by molar-refractivity contribution is 6.25. The number of rotatable bonds is 4. The molecule has 0 bridgehead atoms. The van der Waals surface area contributed by atoms with E-state index in [1.807, 2.05) is 6.08 Å². The lowest BCUT2D eigenvalue weighted by Crippen LogP contribution is -2.31. The molecule has 1 N–H and O–H groups in total. The normalized spacial score (nSPS) is 24.2. The van der Waals surface area contributed by atoms with E-state index in [4.69, 9.17) is 16.7 Å². The zero-order valence-electron chi connectivity index (χ0n) is 7.45. The molecule has 1 atom stereocenters. The van der Waals surface area contributed by atoms with E-state index in [1.165, 1.54) is 5.54 Å². The summed E-state index contributed by atoms with van der Waals surface area (Å²) in [6.45, 7) is 1.75. The Hall–Kier alpha value is -0.540. The van der Waals surface area contributed by atoms with Crippen LogP contribution in [0.1, 0.15) is 19.3 Å². The Morgan fingerprint density at radius 2 is 2.46 bits per heavy atom. The van der Waals surface area contributed by atoms with Gasteiger partial charge >= 0.3 is 5.97 Å². The maximum atomic E-state index is 10.5. The Bertz CT molecular complexity index is 206. The van der Waals surface area contributed by atoms with Crippen molar-refractivity contribution in [1.29, 1.82) is 0 Å². The maximum absolute atomic E-state index is 10.5. The topological polar surface area (TPSA) is 40.5 Å². The summed E-state index contributed by atoms with van der Waals surface area (Å²) in [6.07, 6.45) is 4.17. The molecule has 3 nitrogen and oxygen atoms in total. The number of carboxylic acids is 1. The lowest BCUT2D eigenvalue weighted by molar-refractivity contribution is -0.138. The van der Waals surface area contributed by atoms with Gasteiger partial charge in [-0.25, -0.2) is 0 Å².